The number of carbonyl (C=O) groups is 1. The number of aliphatic hydroxyl groups is 7. The van der Waals surface area contributed by atoms with Crippen molar-refractivity contribution in [2.45, 2.75) is 287 Å². The molecule has 352 valence electrons. The average Bonchev–Trinajstić information content (AvgIpc) is 3.23. The highest BCUT2D eigenvalue weighted by Gasteiger charge is 2.44. The Kier molecular flexibility index (Phi) is 36.9. The van der Waals surface area contributed by atoms with E-state index in [0.717, 1.165) is 38.5 Å². The third-order valence-electron chi connectivity index (χ3n) is 12.4. The summed E-state index contributed by atoms with van der Waals surface area (Å²) in [7, 11) is 0. The monoisotopic (exact) mass is 846 g/mol. The number of hydrogen-bond donors (Lipinski definition) is 8. The molecule has 0 spiro atoms. The summed E-state index contributed by atoms with van der Waals surface area (Å²) >= 11 is 0. The fourth-order valence-electron chi connectivity index (χ4n) is 8.27. The maximum Gasteiger partial charge on any atom is 0.249 e. The molecule has 1 fully saturated rings. The van der Waals surface area contributed by atoms with Gasteiger partial charge in [-0.25, -0.2) is 0 Å². The number of hydrogen-bond acceptors (Lipinski definition) is 10. The Morgan fingerprint density at radius 2 is 0.881 bits per heavy atom. The third kappa shape index (κ3) is 28.4. The lowest BCUT2D eigenvalue weighted by atomic mass is 9.98. The summed E-state index contributed by atoms with van der Waals surface area (Å²) in [5.41, 5.74) is 0. The summed E-state index contributed by atoms with van der Waals surface area (Å²) in [6, 6.07) is -1.16. The Labute approximate surface area is 360 Å². The molecule has 0 aromatic heterocycles. The van der Waals surface area contributed by atoms with E-state index in [1.807, 2.05) is 0 Å². The Hall–Kier alpha value is -0.890. The summed E-state index contributed by atoms with van der Waals surface area (Å²) < 4.78 is 11.1. The highest BCUT2D eigenvalue weighted by molar-refractivity contribution is 5.80. The van der Waals surface area contributed by atoms with Gasteiger partial charge in [0, 0.05) is 0 Å². The fourth-order valence-corrected chi connectivity index (χ4v) is 8.27. The predicted octanol–water partition coefficient (Wildman–Crippen LogP) is 8.67. The Balaban J connectivity index is 2.37. The first kappa shape index (κ1) is 56.1. The van der Waals surface area contributed by atoms with Crippen LogP contribution in [0.3, 0.4) is 0 Å². The van der Waals surface area contributed by atoms with E-state index in [9.17, 15) is 40.5 Å². The minimum Gasteiger partial charge on any atom is -0.394 e. The molecule has 1 saturated heterocycles. The molecule has 11 nitrogen and oxygen atoms in total. The Morgan fingerprint density at radius 3 is 1.25 bits per heavy atom. The van der Waals surface area contributed by atoms with Gasteiger partial charge in [0.1, 0.15) is 36.6 Å². The topological polar surface area (TPSA) is 189 Å². The number of rotatable bonds is 42. The first-order valence-corrected chi connectivity index (χ1v) is 24.9. The van der Waals surface area contributed by atoms with Crippen LogP contribution >= 0.6 is 0 Å². The fraction of sp³-hybridized carbons (Fsp3) is 0.979. The van der Waals surface area contributed by atoms with Gasteiger partial charge in [0.25, 0.3) is 0 Å². The smallest absolute Gasteiger partial charge is 0.249 e. The van der Waals surface area contributed by atoms with E-state index in [1.54, 1.807) is 0 Å². The zero-order valence-electron chi connectivity index (χ0n) is 38.0. The Bertz CT molecular complexity index is 928. The van der Waals surface area contributed by atoms with Crippen LogP contribution in [-0.2, 0) is 14.3 Å². The minimum absolute atomic E-state index is 0.266. The third-order valence-corrected chi connectivity index (χ3v) is 12.4. The Morgan fingerprint density at radius 1 is 0.525 bits per heavy atom. The van der Waals surface area contributed by atoms with Crippen LogP contribution in [-0.4, -0.2) is 110 Å². The molecule has 0 bridgehead atoms. The van der Waals surface area contributed by atoms with Gasteiger partial charge in [0.05, 0.1) is 25.4 Å². The lowest BCUT2D eigenvalue weighted by Gasteiger charge is -2.40. The predicted molar refractivity (Wildman–Crippen MR) is 238 cm³/mol. The van der Waals surface area contributed by atoms with Crippen molar-refractivity contribution >= 4 is 5.91 Å². The second-order valence-corrected chi connectivity index (χ2v) is 17.9. The lowest BCUT2D eigenvalue weighted by molar-refractivity contribution is -0.303. The molecule has 8 N–H and O–H groups in total. The highest BCUT2D eigenvalue weighted by atomic mass is 16.7. The van der Waals surface area contributed by atoms with E-state index in [0.29, 0.717) is 19.3 Å². The van der Waals surface area contributed by atoms with Crippen LogP contribution in [0.5, 0.6) is 0 Å². The van der Waals surface area contributed by atoms with Crippen molar-refractivity contribution < 1.29 is 50.0 Å². The van der Waals surface area contributed by atoms with Gasteiger partial charge < -0.3 is 50.5 Å². The minimum atomic E-state index is -1.66. The molecule has 0 saturated carbocycles. The zero-order chi connectivity index (χ0) is 43.4. The van der Waals surface area contributed by atoms with Crippen LogP contribution in [0.25, 0.3) is 0 Å². The number of ether oxygens (including phenoxy) is 2. The molecule has 1 aliphatic heterocycles. The van der Waals surface area contributed by atoms with E-state index < -0.39 is 74.2 Å². The maximum absolute atomic E-state index is 13.1. The van der Waals surface area contributed by atoms with Gasteiger partial charge in [-0.15, -0.1) is 0 Å². The lowest BCUT2D eigenvalue weighted by Crippen LogP contribution is -2.60. The molecule has 0 aromatic rings. The number of carbonyl (C=O) groups excluding carboxylic acids is 1. The van der Waals surface area contributed by atoms with Crippen LogP contribution in [0.2, 0.25) is 0 Å². The van der Waals surface area contributed by atoms with Crippen LogP contribution < -0.4 is 5.32 Å². The molecular formula is C48H95NO10. The van der Waals surface area contributed by atoms with Crippen molar-refractivity contribution in [2.24, 2.45) is 0 Å². The van der Waals surface area contributed by atoms with Crippen molar-refractivity contribution in [1.29, 1.82) is 0 Å². The molecule has 1 heterocycles. The molecular weight excluding hydrogens is 751 g/mol. The molecule has 1 aliphatic rings. The van der Waals surface area contributed by atoms with E-state index in [1.165, 1.54) is 154 Å². The summed E-state index contributed by atoms with van der Waals surface area (Å²) in [5.74, 6) is -0.693. The second-order valence-electron chi connectivity index (χ2n) is 17.9. The van der Waals surface area contributed by atoms with Crippen molar-refractivity contribution in [3.8, 4) is 0 Å². The largest absolute Gasteiger partial charge is 0.394 e. The normalized spacial score (nSPS) is 21.7. The average molecular weight is 846 g/mol. The quantitative estimate of drug-likeness (QED) is 0.0276. The van der Waals surface area contributed by atoms with Crippen LogP contribution in [0, 0.1) is 0 Å². The molecule has 0 aromatic carbocycles. The highest BCUT2D eigenvalue weighted by Crippen LogP contribution is 2.23. The van der Waals surface area contributed by atoms with Crippen molar-refractivity contribution in [3.63, 3.8) is 0 Å². The molecule has 0 unspecified atom stereocenters. The van der Waals surface area contributed by atoms with Crippen LogP contribution in [0.4, 0.5) is 0 Å². The van der Waals surface area contributed by atoms with E-state index in [-0.39, 0.29) is 6.42 Å². The molecule has 1 rings (SSSR count). The van der Waals surface area contributed by atoms with Crippen molar-refractivity contribution in [2.75, 3.05) is 13.2 Å². The summed E-state index contributed by atoms with van der Waals surface area (Å²) in [6.45, 7) is 3.45. The van der Waals surface area contributed by atoms with Gasteiger partial charge in [0.15, 0.2) is 6.29 Å². The van der Waals surface area contributed by atoms with E-state index in [2.05, 4.69) is 19.2 Å². The number of aliphatic hydroxyl groups excluding tert-OH is 7. The van der Waals surface area contributed by atoms with Gasteiger partial charge >= 0.3 is 0 Å². The molecule has 0 radical (unpaired) electrons. The van der Waals surface area contributed by atoms with E-state index in [4.69, 9.17) is 9.47 Å². The SMILES string of the molecule is CCCCCCCCCCCCCCCCCCCCCC[C@@H](O)C(=O)N[C@@H](CO[C@H]1O[C@@H](CO)[C@H](O)[C@H](O)[C@@H]1O)[C@H](O)[C@H](O)CCCCCCCCCCCCCC. The summed E-state index contributed by atoms with van der Waals surface area (Å²) in [5, 5.41) is 75.7. The maximum atomic E-state index is 13.1. The van der Waals surface area contributed by atoms with Gasteiger partial charge in [0.2, 0.25) is 5.91 Å². The van der Waals surface area contributed by atoms with Gasteiger partial charge in [-0.2, -0.15) is 0 Å². The van der Waals surface area contributed by atoms with Crippen LogP contribution in [0.15, 0.2) is 0 Å². The van der Waals surface area contributed by atoms with Crippen molar-refractivity contribution in [1.82, 2.24) is 5.32 Å². The van der Waals surface area contributed by atoms with Gasteiger partial charge in [-0.3, -0.25) is 4.79 Å². The van der Waals surface area contributed by atoms with Crippen molar-refractivity contribution in [3.05, 3.63) is 0 Å². The van der Waals surface area contributed by atoms with E-state index >= 15 is 0 Å². The van der Waals surface area contributed by atoms with Crippen LogP contribution in [0.1, 0.15) is 232 Å². The second kappa shape index (κ2) is 38.8. The molecule has 0 aliphatic carbocycles. The number of unbranched alkanes of at least 4 members (excludes halogenated alkanes) is 30. The molecule has 59 heavy (non-hydrogen) atoms. The first-order chi connectivity index (χ1) is 28.7. The number of nitrogens with one attached hydrogen (secondary N) is 1. The molecule has 9 atom stereocenters. The molecule has 1 amide bonds. The molecule has 11 heteroatoms. The zero-order valence-corrected chi connectivity index (χ0v) is 38.0. The summed E-state index contributed by atoms with van der Waals surface area (Å²) in [4.78, 5) is 13.1. The van der Waals surface area contributed by atoms with Gasteiger partial charge in [-0.1, -0.05) is 219 Å². The standard InChI is InChI=1S/C48H95NO10/c1-3-5-7-9-11-13-15-17-18-19-20-21-22-23-24-26-28-30-32-34-36-41(52)47(57)49-39(38-58-48-46(56)45(55)44(54)42(37-50)59-48)43(53)40(51)35-33-31-29-27-25-16-14-12-10-8-6-4-2/h39-46,48,50-56H,3-38H2,1-2H3,(H,49,57)/t39-,40+,41+,42-,43-,44-,45-,46-,48-/m0/s1. The first-order valence-electron chi connectivity index (χ1n) is 24.9. The number of amides is 1. The van der Waals surface area contributed by atoms with Gasteiger partial charge in [-0.05, 0) is 12.8 Å². The summed E-state index contributed by atoms with van der Waals surface area (Å²) in [6.07, 6.45) is 28.7.